The molecule has 0 spiro atoms. The summed E-state index contributed by atoms with van der Waals surface area (Å²) in [5, 5.41) is 19.8. The Labute approximate surface area is 110 Å². The third kappa shape index (κ3) is 3.66. The van der Waals surface area contributed by atoms with Gasteiger partial charge in [0.2, 0.25) is 5.91 Å². The first-order chi connectivity index (χ1) is 8.73. The molecule has 0 aromatic rings. The fourth-order valence-electron chi connectivity index (χ4n) is 2.36. The van der Waals surface area contributed by atoms with Crippen molar-refractivity contribution in [1.29, 1.82) is 0 Å². The second-order valence-electron chi connectivity index (χ2n) is 4.93. The summed E-state index contributed by atoms with van der Waals surface area (Å²) in [5.74, 6) is -3.62. The molecule has 1 rings (SSSR count). The van der Waals surface area contributed by atoms with Gasteiger partial charge in [0.15, 0.2) is 0 Å². The van der Waals surface area contributed by atoms with E-state index in [0.717, 1.165) is 0 Å². The SMILES string of the molecule is CC1OC(C)C(C(=O)N[C@@H](CC(=O)O)C(=O)O)C1C. The van der Waals surface area contributed by atoms with Crippen LogP contribution in [0.1, 0.15) is 27.2 Å². The highest BCUT2D eigenvalue weighted by molar-refractivity contribution is 5.88. The molecule has 7 nitrogen and oxygen atoms in total. The van der Waals surface area contributed by atoms with Crippen LogP contribution < -0.4 is 5.32 Å². The number of carbonyl (C=O) groups is 3. The molecule has 1 aliphatic heterocycles. The van der Waals surface area contributed by atoms with Crippen LogP contribution in [0.3, 0.4) is 0 Å². The molecular formula is C12H19NO6. The molecule has 3 N–H and O–H groups in total. The van der Waals surface area contributed by atoms with E-state index in [-0.39, 0.29) is 18.1 Å². The molecule has 5 atom stereocenters. The Bertz CT molecular complexity index is 382. The summed E-state index contributed by atoms with van der Waals surface area (Å²) in [5.41, 5.74) is 0. The standard InChI is InChI=1S/C12H19NO6/c1-5-6(2)19-7(3)10(5)11(16)13-8(12(17)18)4-9(14)15/h5-8,10H,4H2,1-3H3,(H,13,16)(H,14,15)(H,17,18)/t5?,6?,7?,8-,10?/m0/s1. The molecule has 19 heavy (non-hydrogen) atoms. The molecule has 0 bridgehead atoms. The average Bonchev–Trinajstić information content (AvgIpc) is 2.51. The number of carboxylic acid groups (broad SMARTS) is 2. The van der Waals surface area contributed by atoms with E-state index in [9.17, 15) is 14.4 Å². The Morgan fingerprint density at radius 2 is 1.74 bits per heavy atom. The van der Waals surface area contributed by atoms with E-state index in [4.69, 9.17) is 14.9 Å². The topological polar surface area (TPSA) is 113 Å². The fraction of sp³-hybridized carbons (Fsp3) is 0.750. The van der Waals surface area contributed by atoms with Crippen molar-refractivity contribution < 1.29 is 29.3 Å². The Balaban J connectivity index is 2.72. The van der Waals surface area contributed by atoms with Gasteiger partial charge in [0.25, 0.3) is 0 Å². The number of rotatable bonds is 5. The maximum atomic E-state index is 12.1. The lowest BCUT2D eigenvalue weighted by Gasteiger charge is -2.20. The molecule has 1 fully saturated rings. The van der Waals surface area contributed by atoms with Gasteiger partial charge in [-0.2, -0.15) is 0 Å². The summed E-state index contributed by atoms with van der Waals surface area (Å²) in [7, 11) is 0. The summed E-state index contributed by atoms with van der Waals surface area (Å²) in [6.45, 7) is 5.45. The summed E-state index contributed by atoms with van der Waals surface area (Å²) >= 11 is 0. The minimum absolute atomic E-state index is 0.0470. The number of aliphatic carboxylic acids is 2. The molecule has 108 valence electrons. The number of ether oxygens (including phenoxy) is 1. The number of hydrogen-bond acceptors (Lipinski definition) is 4. The lowest BCUT2D eigenvalue weighted by Crippen LogP contribution is -2.47. The van der Waals surface area contributed by atoms with Crippen LogP contribution in [0.5, 0.6) is 0 Å². The molecule has 0 aromatic carbocycles. The molecule has 4 unspecified atom stereocenters. The average molecular weight is 273 g/mol. The first kappa shape index (κ1) is 15.4. The van der Waals surface area contributed by atoms with Gasteiger partial charge in [0, 0.05) is 0 Å². The highest BCUT2D eigenvalue weighted by Crippen LogP contribution is 2.32. The lowest BCUT2D eigenvalue weighted by molar-refractivity contribution is -0.147. The van der Waals surface area contributed by atoms with E-state index in [1.807, 2.05) is 13.8 Å². The van der Waals surface area contributed by atoms with Gasteiger partial charge in [-0.15, -0.1) is 0 Å². The number of amides is 1. The molecule has 0 aliphatic carbocycles. The van der Waals surface area contributed by atoms with Gasteiger partial charge in [-0.25, -0.2) is 4.79 Å². The van der Waals surface area contributed by atoms with E-state index < -0.39 is 36.2 Å². The highest BCUT2D eigenvalue weighted by Gasteiger charge is 2.42. The monoisotopic (exact) mass is 273 g/mol. The van der Waals surface area contributed by atoms with Crippen molar-refractivity contribution >= 4 is 17.8 Å². The number of hydrogen-bond donors (Lipinski definition) is 3. The minimum Gasteiger partial charge on any atom is -0.481 e. The lowest BCUT2D eigenvalue weighted by atomic mass is 9.88. The summed E-state index contributed by atoms with van der Waals surface area (Å²) in [6, 6.07) is -1.42. The predicted octanol–water partition coefficient (Wildman–Crippen LogP) is 0.0900. The van der Waals surface area contributed by atoms with E-state index in [2.05, 4.69) is 5.32 Å². The fourth-order valence-corrected chi connectivity index (χ4v) is 2.36. The second kappa shape index (κ2) is 6.01. The number of carboxylic acids is 2. The van der Waals surface area contributed by atoms with Crippen LogP contribution in [0.4, 0.5) is 0 Å². The summed E-state index contributed by atoms with van der Waals surface area (Å²) in [6.07, 6.45) is -1.05. The number of nitrogens with one attached hydrogen (secondary N) is 1. The molecule has 1 aliphatic rings. The largest absolute Gasteiger partial charge is 0.481 e. The van der Waals surface area contributed by atoms with Crippen LogP contribution >= 0.6 is 0 Å². The molecular weight excluding hydrogens is 254 g/mol. The van der Waals surface area contributed by atoms with Crippen molar-refractivity contribution in [3.63, 3.8) is 0 Å². The van der Waals surface area contributed by atoms with Crippen LogP contribution in [0.2, 0.25) is 0 Å². The molecule has 1 heterocycles. The van der Waals surface area contributed by atoms with E-state index in [0.29, 0.717) is 0 Å². The third-order valence-electron chi connectivity index (χ3n) is 3.54. The Morgan fingerprint density at radius 3 is 2.11 bits per heavy atom. The van der Waals surface area contributed by atoms with Crippen LogP contribution in [0, 0.1) is 11.8 Å². The third-order valence-corrected chi connectivity index (χ3v) is 3.54. The zero-order chi connectivity index (χ0) is 14.7. The summed E-state index contributed by atoms with van der Waals surface area (Å²) in [4.78, 5) is 33.5. The molecule has 1 amide bonds. The van der Waals surface area contributed by atoms with Crippen LogP contribution in [0.25, 0.3) is 0 Å². The van der Waals surface area contributed by atoms with E-state index in [1.54, 1.807) is 6.92 Å². The molecule has 1 saturated heterocycles. The van der Waals surface area contributed by atoms with Gasteiger partial charge in [-0.3, -0.25) is 9.59 Å². The normalized spacial score (nSPS) is 31.7. The summed E-state index contributed by atoms with van der Waals surface area (Å²) < 4.78 is 5.51. The predicted molar refractivity (Wildman–Crippen MR) is 64.5 cm³/mol. The van der Waals surface area contributed by atoms with Crippen molar-refractivity contribution in [2.45, 2.75) is 45.4 Å². The second-order valence-corrected chi connectivity index (χ2v) is 4.93. The van der Waals surface area contributed by atoms with E-state index >= 15 is 0 Å². The molecule has 0 radical (unpaired) electrons. The quantitative estimate of drug-likeness (QED) is 0.654. The highest BCUT2D eigenvalue weighted by atomic mass is 16.5. The van der Waals surface area contributed by atoms with Crippen LogP contribution in [-0.4, -0.2) is 46.3 Å². The van der Waals surface area contributed by atoms with Crippen LogP contribution in [0.15, 0.2) is 0 Å². The van der Waals surface area contributed by atoms with Crippen molar-refractivity contribution in [3.05, 3.63) is 0 Å². The van der Waals surface area contributed by atoms with Gasteiger partial charge < -0.3 is 20.3 Å². The van der Waals surface area contributed by atoms with Gasteiger partial charge in [-0.1, -0.05) is 6.92 Å². The minimum atomic E-state index is -1.42. The Kier molecular flexibility index (Phi) is 4.88. The van der Waals surface area contributed by atoms with Gasteiger partial charge in [0.1, 0.15) is 6.04 Å². The van der Waals surface area contributed by atoms with Crippen LogP contribution in [-0.2, 0) is 19.1 Å². The molecule has 7 heteroatoms. The smallest absolute Gasteiger partial charge is 0.326 e. The molecule has 0 saturated carbocycles. The van der Waals surface area contributed by atoms with Crippen molar-refractivity contribution in [1.82, 2.24) is 5.32 Å². The van der Waals surface area contributed by atoms with Gasteiger partial charge in [-0.05, 0) is 19.8 Å². The van der Waals surface area contributed by atoms with Crippen molar-refractivity contribution in [2.24, 2.45) is 11.8 Å². The number of carbonyl (C=O) groups excluding carboxylic acids is 1. The zero-order valence-electron chi connectivity index (χ0n) is 11.1. The van der Waals surface area contributed by atoms with Gasteiger partial charge >= 0.3 is 11.9 Å². The first-order valence-electron chi connectivity index (χ1n) is 6.14. The Hall–Kier alpha value is -1.63. The maximum Gasteiger partial charge on any atom is 0.326 e. The zero-order valence-corrected chi connectivity index (χ0v) is 11.1. The van der Waals surface area contributed by atoms with E-state index in [1.165, 1.54) is 0 Å². The first-order valence-corrected chi connectivity index (χ1v) is 6.14. The molecule has 0 aromatic heterocycles. The van der Waals surface area contributed by atoms with Crippen molar-refractivity contribution in [3.8, 4) is 0 Å². The maximum absolute atomic E-state index is 12.1. The van der Waals surface area contributed by atoms with Gasteiger partial charge in [0.05, 0.1) is 24.5 Å². The van der Waals surface area contributed by atoms with Crippen molar-refractivity contribution in [2.75, 3.05) is 0 Å². The Morgan fingerprint density at radius 1 is 1.16 bits per heavy atom.